The molecule has 1 amide bonds. The Balaban J connectivity index is 1.77. The normalized spacial score (nSPS) is 25.9. The van der Waals surface area contributed by atoms with Gasteiger partial charge in [0, 0.05) is 26.1 Å². The minimum Gasteiger partial charge on any atom is -0.380 e. The van der Waals surface area contributed by atoms with Crippen molar-refractivity contribution in [1.82, 2.24) is 10.2 Å². The van der Waals surface area contributed by atoms with E-state index in [4.69, 9.17) is 4.74 Å². The number of nitrogens with zero attached hydrogens (tertiary/aromatic N) is 1. The van der Waals surface area contributed by atoms with Crippen LogP contribution in [0.4, 0.5) is 0 Å². The van der Waals surface area contributed by atoms with E-state index in [2.05, 4.69) is 5.32 Å². The lowest BCUT2D eigenvalue weighted by Gasteiger charge is -2.25. The van der Waals surface area contributed by atoms with E-state index >= 15 is 0 Å². The Morgan fingerprint density at radius 1 is 1.47 bits per heavy atom. The molecule has 1 atom stereocenters. The number of carbonyl (C=O) groups is 1. The van der Waals surface area contributed by atoms with Crippen LogP contribution in [0, 0.1) is 11.3 Å². The lowest BCUT2D eigenvalue weighted by Crippen LogP contribution is -2.36. The van der Waals surface area contributed by atoms with Gasteiger partial charge in [-0.05, 0) is 44.7 Å². The molecule has 1 spiro atoms. The number of carbonyl (C=O) groups excluding carboxylic acids is 1. The molecule has 4 heteroatoms. The third kappa shape index (κ3) is 2.80. The monoisotopic (exact) mass is 240 g/mol. The predicted molar refractivity (Wildman–Crippen MR) is 66.8 cm³/mol. The molecule has 1 saturated heterocycles. The van der Waals surface area contributed by atoms with Gasteiger partial charge >= 0.3 is 0 Å². The second kappa shape index (κ2) is 5.36. The highest BCUT2D eigenvalue weighted by Gasteiger charge is 2.58. The van der Waals surface area contributed by atoms with Gasteiger partial charge in [0.05, 0.1) is 6.61 Å². The highest BCUT2D eigenvalue weighted by Crippen LogP contribution is 2.59. The van der Waals surface area contributed by atoms with Crippen molar-refractivity contribution in [3.63, 3.8) is 0 Å². The van der Waals surface area contributed by atoms with E-state index < -0.39 is 0 Å². The third-order valence-electron chi connectivity index (χ3n) is 4.24. The van der Waals surface area contributed by atoms with Gasteiger partial charge in [-0.15, -0.1) is 0 Å². The number of hydrogen-bond acceptors (Lipinski definition) is 3. The molecule has 4 nitrogen and oxygen atoms in total. The molecule has 2 rings (SSSR count). The average molecular weight is 240 g/mol. The first-order valence-electron chi connectivity index (χ1n) is 6.73. The molecule has 0 aromatic rings. The van der Waals surface area contributed by atoms with E-state index in [1.54, 1.807) is 0 Å². The summed E-state index contributed by atoms with van der Waals surface area (Å²) in [6, 6.07) is 0. The van der Waals surface area contributed by atoms with Gasteiger partial charge < -0.3 is 15.0 Å². The number of likely N-dealkylation sites (N-methyl/N-ethyl adjacent to an activating group) is 1. The highest BCUT2D eigenvalue weighted by molar-refractivity contribution is 5.82. The highest BCUT2D eigenvalue weighted by atomic mass is 16.5. The summed E-state index contributed by atoms with van der Waals surface area (Å²) in [6.07, 6.45) is 3.44. The van der Waals surface area contributed by atoms with Crippen LogP contribution >= 0.6 is 0 Å². The van der Waals surface area contributed by atoms with Crippen molar-refractivity contribution in [2.45, 2.75) is 26.2 Å². The van der Waals surface area contributed by atoms with E-state index in [-0.39, 0.29) is 5.92 Å². The number of amides is 1. The fourth-order valence-electron chi connectivity index (χ4n) is 2.90. The van der Waals surface area contributed by atoms with Gasteiger partial charge in [0.15, 0.2) is 0 Å². The van der Waals surface area contributed by atoms with Crippen LogP contribution in [0.25, 0.3) is 0 Å². The maximum absolute atomic E-state index is 12.2. The van der Waals surface area contributed by atoms with E-state index in [1.165, 1.54) is 12.8 Å². The second-order valence-electron chi connectivity index (χ2n) is 5.33. The summed E-state index contributed by atoms with van der Waals surface area (Å²) < 4.78 is 5.29. The first-order valence-corrected chi connectivity index (χ1v) is 6.73. The Morgan fingerprint density at radius 3 is 2.82 bits per heavy atom. The van der Waals surface area contributed by atoms with Crippen molar-refractivity contribution < 1.29 is 9.53 Å². The first-order chi connectivity index (χ1) is 8.19. The number of hydrogen-bond donors (Lipinski definition) is 1. The van der Waals surface area contributed by atoms with Crippen LogP contribution in [-0.2, 0) is 9.53 Å². The minimum absolute atomic E-state index is 0.288. The fraction of sp³-hybridized carbons (Fsp3) is 0.923. The molecule has 17 heavy (non-hydrogen) atoms. The average Bonchev–Trinajstić information content (AvgIpc) is 3.03. The molecule has 1 aliphatic carbocycles. The van der Waals surface area contributed by atoms with Gasteiger partial charge in [-0.25, -0.2) is 0 Å². The molecule has 1 heterocycles. The Morgan fingerprint density at radius 2 is 2.18 bits per heavy atom. The van der Waals surface area contributed by atoms with Crippen molar-refractivity contribution >= 4 is 5.91 Å². The molecule has 0 bridgehead atoms. The summed E-state index contributed by atoms with van der Waals surface area (Å²) in [6.45, 7) is 6.23. The van der Waals surface area contributed by atoms with Crippen LogP contribution in [0.2, 0.25) is 0 Å². The molecule has 1 N–H and O–H groups in total. The van der Waals surface area contributed by atoms with Crippen LogP contribution in [-0.4, -0.2) is 50.7 Å². The van der Waals surface area contributed by atoms with Gasteiger partial charge in [-0.3, -0.25) is 4.79 Å². The van der Waals surface area contributed by atoms with Crippen LogP contribution in [0.3, 0.4) is 0 Å². The number of ether oxygens (including phenoxy) is 1. The van der Waals surface area contributed by atoms with Crippen LogP contribution in [0.15, 0.2) is 0 Å². The van der Waals surface area contributed by atoms with Crippen molar-refractivity contribution in [2.75, 3.05) is 39.9 Å². The van der Waals surface area contributed by atoms with Crippen molar-refractivity contribution in [1.29, 1.82) is 0 Å². The first kappa shape index (κ1) is 12.8. The van der Waals surface area contributed by atoms with Crippen molar-refractivity contribution in [3.05, 3.63) is 0 Å². The van der Waals surface area contributed by atoms with Crippen molar-refractivity contribution in [3.8, 4) is 0 Å². The van der Waals surface area contributed by atoms with Gasteiger partial charge in [-0.1, -0.05) is 0 Å². The molecule has 2 fully saturated rings. The molecular formula is C13H24N2O2. The Bertz CT molecular complexity index is 275. The second-order valence-corrected chi connectivity index (χ2v) is 5.33. The number of nitrogens with one attached hydrogen (secondary N) is 1. The molecule has 1 saturated carbocycles. The summed E-state index contributed by atoms with van der Waals surface area (Å²) in [5.74, 6) is 0.614. The lowest BCUT2D eigenvalue weighted by atomic mass is 9.91. The molecule has 0 radical (unpaired) electrons. The Hall–Kier alpha value is -0.610. The van der Waals surface area contributed by atoms with E-state index in [0.717, 1.165) is 32.7 Å². The molecular weight excluding hydrogens is 216 g/mol. The van der Waals surface area contributed by atoms with Gasteiger partial charge in [0.1, 0.15) is 0 Å². The predicted octanol–water partition coefficient (Wildman–Crippen LogP) is 0.871. The summed E-state index contributed by atoms with van der Waals surface area (Å²) in [7, 11) is 1.90. The standard InChI is InChI=1S/C13H24N2O2/c1-3-17-9-8-15(2)12(16)11-10-13(11)4-6-14-7-5-13/h11,14H,3-10H2,1-2H3. The fourth-order valence-corrected chi connectivity index (χ4v) is 2.90. The zero-order valence-electron chi connectivity index (χ0n) is 11.0. The van der Waals surface area contributed by atoms with Crippen LogP contribution in [0.5, 0.6) is 0 Å². The summed E-state index contributed by atoms with van der Waals surface area (Å²) in [4.78, 5) is 14.1. The lowest BCUT2D eigenvalue weighted by molar-refractivity contribution is -0.133. The molecule has 1 unspecified atom stereocenters. The third-order valence-corrected chi connectivity index (χ3v) is 4.24. The Labute approximate surface area is 104 Å². The molecule has 98 valence electrons. The summed E-state index contributed by atoms with van der Waals surface area (Å²) in [5.41, 5.74) is 0.349. The summed E-state index contributed by atoms with van der Waals surface area (Å²) >= 11 is 0. The molecule has 0 aromatic carbocycles. The van der Waals surface area contributed by atoms with E-state index in [0.29, 0.717) is 17.9 Å². The zero-order chi connectivity index (χ0) is 12.3. The minimum atomic E-state index is 0.288. The molecule has 0 aromatic heterocycles. The summed E-state index contributed by atoms with van der Waals surface area (Å²) in [5, 5.41) is 3.37. The molecule has 1 aliphatic heterocycles. The topological polar surface area (TPSA) is 41.6 Å². The van der Waals surface area contributed by atoms with Crippen LogP contribution < -0.4 is 5.32 Å². The van der Waals surface area contributed by atoms with E-state index in [9.17, 15) is 4.79 Å². The van der Waals surface area contributed by atoms with Gasteiger partial charge in [0.2, 0.25) is 5.91 Å². The number of rotatable bonds is 5. The number of piperidine rings is 1. The maximum Gasteiger partial charge on any atom is 0.226 e. The van der Waals surface area contributed by atoms with E-state index in [1.807, 2.05) is 18.9 Å². The zero-order valence-corrected chi connectivity index (χ0v) is 11.0. The van der Waals surface area contributed by atoms with Crippen molar-refractivity contribution in [2.24, 2.45) is 11.3 Å². The Kier molecular flexibility index (Phi) is 4.05. The molecule has 2 aliphatic rings. The maximum atomic E-state index is 12.2. The van der Waals surface area contributed by atoms with Gasteiger partial charge in [0.25, 0.3) is 0 Å². The smallest absolute Gasteiger partial charge is 0.226 e. The quantitative estimate of drug-likeness (QED) is 0.725. The van der Waals surface area contributed by atoms with Gasteiger partial charge in [-0.2, -0.15) is 0 Å². The van der Waals surface area contributed by atoms with Crippen LogP contribution in [0.1, 0.15) is 26.2 Å². The largest absolute Gasteiger partial charge is 0.380 e. The SMILES string of the molecule is CCOCCN(C)C(=O)C1CC12CCNCC2.